The largest absolute Gasteiger partial charge is 0.342 e. The van der Waals surface area contributed by atoms with Gasteiger partial charge in [-0.1, -0.05) is 12.5 Å². The minimum Gasteiger partial charge on any atom is -0.342 e. The highest BCUT2D eigenvalue weighted by atomic mass is 16.2. The van der Waals surface area contributed by atoms with Crippen LogP contribution in [0, 0.1) is 18.8 Å². The fraction of sp³-hybridized carbons (Fsp3) is 0.619. The molecule has 0 spiro atoms. The van der Waals surface area contributed by atoms with Crippen molar-refractivity contribution in [1.82, 2.24) is 19.2 Å². The van der Waals surface area contributed by atoms with Crippen molar-refractivity contribution in [3.63, 3.8) is 0 Å². The van der Waals surface area contributed by atoms with Crippen molar-refractivity contribution in [1.29, 1.82) is 0 Å². The lowest BCUT2D eigenvalue weighted by molar-refractivity contribution is -0.137. The molecule has 3 aliphatic heterocycles. The lowest BCUT2D eigenvalue weighted by Crippen LogP contribution is -2.60. The molecule has 3 atom stereocenters. The summed E-state index contributed by atoms with van der Waals surface area (Å²) in [6, 6.07) is 4.81. The Morgan fingerprint density at radius 1 is 1.27 bits per heavy atom. The van der Waals surface area contributed by atoms with Gasteiger partial charge in [0.25, 0.3) is 0 Å². The molecule has 0 N–H and O–H groups in total. The summed E-state index contributed by atoms with van der Waals surface area (Å²) in [5, 5.41) is 0. The van der Waals surface area contributed by atoms with Gasteiger partial charge in [0.05, 0.1) is 12.1 Å². The number of hydrogen-bond donors (Lipinski definition) is 0. The number of aryl methyl sites for hydroxylation is 1. The number of carbonyl (C=O) groups excluding carboxylic acids is 1. The number of aromatic nitrogens is 2. The van der Waals surface area contributed by atoms with Crippen molar-refractivity contribution < 1.29 is 4.79 Å². The number of nitrogens with zero attached hydrogens (tertiary/aromatic N) is 4. The first-order valence-electron chi connectivity index (χ1n) is 10.1. The third-order valence-corrected chi connectivity index (χ3v) is 6.76. The van der Waals surface area contributed by atoms with Crippen LogP contribution in [0.2, 0.25) is 0 Å². The smallest absolute Gasteiger partial charge is 0.228 e. The summed E-state index contributed by atoms with van der Waals surface area (Å²) in [6.07, 6.45) is 9.70. The fourth-order valence-corrected chi connectivity index (χ4v) is 5.57. The molecule has 138 valence electrons. The molecule has 3 fully saturated rings. The quantitative estimate of drug-likeness (QED) is 0.834. The van der Waals surface area contributed by atoms with E-state index in [1.807, 2.05) is 18.5 Å². The van der Waals surface area contributed by atoms with Crippen LogP contribution in [0.1, 0.15) is 36.9 Å². The van der Waals surface area contributed by atoms with Crippen LogP contribution >= 0.6 is 0 Å². The van der Waals surface area contributed by atoms with E-state index in [1.54, 1.807) is 0 Å². The van der Waals surface area contributed by atoms with Crippen LogP contribution < -0.4 is 0 Å². The molecule has 3 aliphatic rings. The summed E-state index contributed by atoms with van der Waals surface area (Å²) in [5.74, 6) is 1.61. The second-order valence-corrected chi connectivity index (χ2v) is 8.53. The van der Waals surface area contributed by atoms with Gasteiger partial charge in [0.15, 0.2) is 0 Å². The van der Waals surface area contributed by atoms with Gasteiger partial charge in [0.1, 0.15) is 5.65 Å². The zero-order chi connectivity index (χ0) is 17.7. The van der Waals surface area contributed by atoms with E-state index in [0.717, 1.165) is 30.0 Å². The zero-order valence-electron chi connectivity index (χ0n) is 15.6. The van der Waals surface area contributed by atoms with Crippen LogP contribution in [0.25, 0.3) is 5.65 Å². The molecule has 5 rings (SSSR count). The van der Waals surface area contributed by atoms with Gasteiger partial charge in [-0.3, -0.25) is 9.69 Å². The van der Waals surface area contributed by atoms with Gasteiger partial charge in [-0.2, -0.15) is 0 Å². The normalized spacial score (nSPS) is 29.0. The maximum Gasteiger partial charge on any atom is 0.228 e. The number of piperidine rings is 3. The van der Waals surface area contributed by atoms with Crippen molar-refractivity contribution >= 4 is 11.6 Å². The van der Waals surface area contributed by atoms with Crippen molar-refractivity contribution in [2.75, 3.05) is 26.2 Å². The number of carbonyl (C=O) groups is 1. The molecular weight excluding hydrogens is 324 g/mol. The maximum absolute atomic E-state index is 13.1. The molecule has 0 radical (unpaired) electrons. The molecular formula is C21H28N4O. The molecule has 2 aromatic heterocycles. The van der Waals surface area contributed by atoms with Gasteiger partial charge in [-0.25, -0.2) is 4.98 Å². The summed E-state index contributed by atoms with van der Waals surface area (Å²) >= 11 is 0. The summed E-state index contributed by atoms with van der Waals surface area (Å²) in [6.45, 7) is 6.42. The highest BCUT2D eigenvalue weighted by Gasteiger charge is 2.42. The molecule has 0 saturated carbocycles. The first kappa shape index (κ1) is 16.3. The SMILES string of the molecule is Cc1cccn2c(CC(=O)N3C[C@@H]4C[C@H](C3)[C@@H]3CCCCN3C4)cnc12. The Balaban J connectivity index is 1.32. The number of fused-ring (bicyclic) bond motifs is 5. The summed E-state index contributed by atoms with van der Waals surface area (Å²) in [5.41, 5.74) is 3.11. The zero-order valence-corrected chi connectivity index (χ0v) is 15.6. The predicted molar refractivity (Wildman–Crippen MR) is 101 cm³/mol. The average Bonchev–Trinajstić information content (AvgIpc) is 3.06. The minimum atomic E-state index is 0.271. The molecule has 5 heteroatoms. The topological polar surface area (TPSA) is 40.9 Å². The van der Waals surface area contributed by atoms with E-state index in [-0.39, 0.29) is 5.91 Å². The molecule has 1 amide bonds. The molecule has 5 nitrogen and oxygen atoms in total. The van der Waals surface area contributed by atoms with Crippen molar-refractivity contribution in [3.05, 3.63) is 35.8 Å². The van der Waals surface area contributed by atoms with Gasteiger partial charge in [-0.05, 0) is 56.2 Å². The van der Waals surface area contributed by atoms with Gasteiger partial charge < -0.3 is 9.30 Å². The summed E-state index contributed by atoms with van der Waals surface area (Å²) < 4.78 is 2.07. The molecule has 0 aliphatic carbocycles. The number of amides is 1. The van der Waals surface area contributed by atoms with Gasteiger partial charge in [0, 0.05) is 38.1 Å². The maximum atomic E-state index is 13.1. The Bertz CT molecular complexity index is 829. The second-order valence-electron chi connectivity index (χ2n) is 8.53. The lowest BCUT2D eigenvalue weighted by atomic mass is 9.76. The van der Waals surface area contributed by atoms with E-state index in [1.165, 1.54) is 38.8 Å². The Labute approximate surface area is 155 Å². The molecule has 0 unspecified atom stereocenters. The van der Waals surface area contributed by atoms with Crippen molar-refractivity contribution in [3.8, 4) is 0 Å². The average molecular weight is 352 g/mol. The molecule has 0 aromatic carbocycles. The third-order valence-electron chi connectivity index (χ3n) is 6.76. The Morgan fingerprint density at radius 3 is 3.12 bits per heavy atom. The van der Waals surface area contributed by atoms with Crippen molar-refractivity contribution in [2.24, 2.45) is 11.8 Å². The first-order chi connectivity index (χ1) is 12.7. The second kappa shape index (κ2) is 6.38. The van der Waals surface area contributed by atoms with E-state index < -0.39 is 0 Å². The number of hydrogen-bond acceptors (Lipinski definition) is 3. The Morgan fingerprint density at radius 2 is 2.19 bits per heavy atom. The first-order valence-corrected chi connectivity index (χ1v) is 10.1. The molecule has 3 saturated heterocycles. The standard InChI is InChI=1S/C21H28N4O/c1-15-5-4-8-25-18(11-22-21(15)25)10-20(26)24-13-16-9-17(14-24)19-6-2-3-7-23(19)12-16/h4-5,8,11,16-17,19H,2-3,6-7,9-10,12-14H2,1H3/t16-,17-,19+/m1/s1. The Hall–Kier alpha value is -1.88. The molecule has 5 heterocycles. The number of likely N-dealkylation sites (tertiary alicyclic amines) is 1. The summed E-state index contributed by atoms with van der Waals surface area (Å²) in [4.78, 5) is 22.4. The third kappa shape index (κ3) is 2.73. The predicted octanol–water partition coefficient (Wildman–Crippen LogP) is 2.52. The van der Waals surface area contributed by atoms with Crippen LogP contribution in [0.15, 0.2) is 24.5 Å². The van der Waals surface area contributed by atoms with Gasteiger partial charge in [0.2, 0.25) is 5.91 Å². The Kier molecular flexibility index (Phi) is 4.00. The lowest BCUT2D eigenvalue weighted by Gasteiger charge is -2.52. The van der Waals surface area contributed by atoms with E-state index in [0.29, 0.717) is 24.3 Å². The molecule has 2 aromatic rings. The van der Waals surface area contributed by atoms with E-state index >= 15 is 0 Å². The van der Waals surface area contributed by atoms with Crippen LogP contribution in [0.4, 0.5) is 0 Å². The molecule has 2 bridgehead atoms. The number of imidazole rings is 1. The van der Waals surface area contributed by atoms with Crippen LogP contribution in [-0.4, -0.2) is 57.3 Å². The highest BCUT2D eigenvalue weighted by molar-refractivity contribution is 5.79. The summed E-state index contributed by atoms with van der Waals surface area (Å²) in [7, 11) is 0. The van der Waals surface area contributed by atoms with E-state index in [2.05, 4.69) is 32.2 Å². The van der Waals surface area contributed by atoms with Crippen molar-refractivity contribution in [2.45, 2.75) is 45.1 Å². The highest BCUT2D eigenvalue weighted by Crippen LogP contribution is 2.37. The van der Waals surface area contributed by atoms with E-state index in [9.17, 15) is 4.79 Å². The number of rotatable bonds is 2. The fourth-order valence-electron chi connectivity index (χ4n) is 5.57. The van der Waals surface area contributed by atoms with Gasteiger partial charge in [-0.15, -0.1) is 0 Å². The van der Waals surface area contributed by atoms with Gasteiger partial charge >= 0.3 is 0 Å². The number of pyridine rings is 1. The van der Waals surface area contributed by atoms with Crippen LogP contribution in [0.3, 0.4) is 0 Å². The van der Waals surface area contributed by atoms with Crippen LogP contribution in [0.5, 0.6) is 0 Å². The van der Waals surface area contributed by atoms with Crippen LogP contribution in [-0.2, 0) is 11.2 Å². The molecule has 26 heavy (non-hydrogen) atoms. The van der Waals surface area contributed by atoms with E-state index in [4.69, 9.17) is 0 Å². The minimum absolute atomic E-state index is 0.271. The monoisotopic (exact) mass is 352 g/mol.